The Morgan fingerprint density at radius 1 is 1.07 bits per heavy atom. The number of hydrogen-bond acceptors (Lipinski definition) is 5. The van der Waals surface area contributed by atoms with Crippen molar-refractivity contribution in [3.8, 4) is 5.75 Å². The maximum atomic E-state index is 13.1. The number of para-hydroxylation sites is 2. The fourth-order valence-corrected chi connectivity index (χ4v) is 5.01. The molecule has 1 fully saturated rings. The van der Waals surface area contributed by atoms with Crippen LogP contribution < -0.4 is 13.9 Å². The highest BCUT2D eigenvalue weighted by Gasteiger charge is 2.33. The van der Waals surface area contributed by atoms with Gasteiger partial charge in [0, 0.05) is 31.2 Å². The first kappa shape index (κ1) is 22.2. The van der Waals surface area contributed by atoms with Crippen LogP contribution in [0.25, 0.3) is 0 Å². The van der Waals surface area contributed by atoms with Crippen LogP contribution in [-0.4, -0.2) is 64.8 Å². The van der Waals surface area contributed by atoms with E-state index in [1.165, 1.54) is 0 Å². The third kappa shape index (κ3) is 4.82. The lowest BCUT2D eigenvalue weighted by molar-refractivity contribution is -0.132. The number of rotatable bonds is 6. The zero-order valence-corrected chi connectivity index (χ0v) is 18.9. The molecule has 0 saturated carbocycles. The highest BCUT2D eigenvalue weighted by Crippen LogP contribution is 2.29. The fourth-order valence-electron chi connectivity index (χ4n) is 3.71. The van der Waals surface area contributed by atoms with Gasteiger partial charge in [0.2, 0.25) is 15.9 Å². The van der Waals surface area contributed by atoms with E-state index in [9.17, 15) is 13.2 Å². The molecule has 30 heavy (non-hydrogen) atoms. The van der Waals surface area contributed by atoms with E-state index in [-0.39, 0.29) is 5.91 Å². The summed E-state index contributed by atoms with van der Waals surface area (Å²) in [4.78, 5) is 17.0. The van der Waals surface area contributed by atoms with Gasteiger partial charge in [-0.2, -0.15) is 0 Å². The molecule has 0 bridgehead atoms. The van der Waals surface area contributed by atoms with Crippen LogP contribution in [0.2, 0.25) is 5.02 Å². The monoisotopic (exact) mass is 451 g/mol. The van der Waals surface area contributed by atoms with Crippen molar-refractivity contribution in [3.05, 3.63) is 53.6 Å². The Labute approximate surface area is 182 Å². The van der Waals surface area contributed by atoms with Crippen molar-refractivity contribution in [1.29, 1.82) is 0 Å². The fraction of sp³-hybridized carbons (Fsp3) is 0.381. The van der Waals surface area contributed by atoms with Crippen LogP contribution >= 0.6 is 11.6 Å². The van der Waals surface area contributed by atoms with Crippen LogP contribution in [0.4, 0.5) is 11.4 Å². The van der Waals surface area contributed by atoms with E-state index in [2.05, 4.69) is 4.90 Å². The molecule has 3 rings (SSSR count). The molecule has 2 aromatic rings. The summed E-state index contributed by atoms with van der Waals surface area (Å²) in [5.74, 6) is 0.562. The van der Waals surface area contributed by atoms with Gasteiger partial charge in [-0.25, -0.2) is 8.42 Å². The molecule has 0 spiro atoms. The number of benzene rings is 2. The predicted octanol–water partition coefficient (Wildman–Crippen LogP) is 2.85. The number of sulfonamides is 1. The lowest BCUT2D eigenvalue weighted by Gasteiger charge is -2.39. The number of ether oxygens (including phenoxy) is 1. The van der Waals surface area contributed by atoms with Crippen molar-refractivity contribution in [2.45, 2.75) is 13.0 Å². The van der Waals surface area contributed by atoms with Gasteiger partial charge in [-0.15, -0.1) is 0 Å². The molecule has 2 aromatic carbocycles. The van der Waals surface area contributed by atoms with E-state index >= 15 is 0 Å². The van der Waals surface area contributed by atoms with E-state index in [1.807, 2.05) is 24.3 Å². The lowest BCUT2D eigenvalue weighted by atomic mass is 10.2. The second-order valence-corrected chi connectivity index (χ2v) is 9.49. The average molecular weight is 452 g/mol. The first-order valence-corrected chi connectivity index (χ1v) is 11.9. The van der Waals surface area contributed by atoms with Gasteiger partial charge in [0.1, 0.15) is 11.8 Å². The maximum absolute atomic E-state index is 13.1. The normalized spacial score (nSPS) is 15.6. The summed E-state index contributed by atoms with van der Waals surface area (Å²) in [7, 11) is -2.02. The Morgan fingerprint density at radius 3 is 2.23 bits per heavy atom. The number of amides is 1. The summed E-state index contributed by atoms with van der Waals surface area (Å²) in [6, 6.07) is 13.3. The number of carbonyl (C=O) groups is 1. The summed E-state index contributed by atoms with van der Waals surface area (Å²) in [5, 5.41) is 0.499. The second-order valence-electron chi connectivity index (χ2n) is 7.20. The van der Waals surface area contributed by atoms with Crippen LogP contribution in [0.3, 0.4) is 0 Å². The van der Waals surface area contributed by atoms with Crippen molar-refractivity contribution in [2.24, 2.45) is 0 Å². The topological polar surface area (TPSA) is 70.2 Å². The Bertz CT molecular complexity index is 990. The minimum atomic E-state index is -3.66. The number of hydrogen-bond donors (Lipinski definition) is 0. The van der Waals surface area contributed by atoms with Crippen molar-refractivity contribution < 1.29 is 17.9 Å². The second kappa shape index (κ2) is 9.14. The van der Waals surface area contributed by atoms with Crippen LogP contribution in [0.1, 0.15) is 6.92 Å². The Balaban J connectivity index is 1.73. The molecule has 1 amide bonds. The van der Waals surface area contributed by atoms with Crippen LogP contribution in [-0.2, 0) is 14.8 Å². The minimum absolute atomic E-state index is 0.227. The molecule has 1 heterocycles. The molecular weight excluding hydrogens is 426 g/mol. The Morgan fingerprint density at radius 2 is 1.67 bits per heavy atom. The van der Waals surface area contributed by atoms with Gasteiger partial charge in [0.25, 0.3) is 0 Å². The molecule has 1 saturated heterocycles. The van der Waals surface area contributed by atoms with Gasteiger partial charge in [-0.3, -0.25) is 9.10 Å². The highest BCUT2D eigenvalue weighted by molar-refractivity contribution is 7.92. The van der Waals surface area contributed by atoms with Gasteiger partial charge >= 0.3 is 0 Å². The first-order chi connectivity index (χ1) is 14.2. The van der Waals surface area contributed by atoms with Crippen LogP contribution in [0.5, 0.6) is 5.75 Å². The third-order valence-electron chi connectivity index (χ3n) is 5.16. The van der Waals surface area contributed by atoms with Gasteiger partial charge in [-0.1, -0.05) is 23.7 Å². The summed E-state index contributed by atoms with van der Waals surface area (Å²) in [6.07, 6.45) is 1.10. The molecule has 0 aliphatic carbocycles. The van der Waals surface area contributed by atoms with Crippen LogP contribution in [0.15, 0.2) is 48.5 Å². The maximum Gasteiger partial charge on any atom is 0.246 e. The van der Waals surface area contributed by atoms with Crippen molar-refractivity contribution in [1.82, 2.24) is 4.90 Å². The smallest absolute Gasteiger partial charge is 0.246 e. The number of nitrogens with zero attached hydrogens (tertiary/aromatic N) is 3. The molecular formula is C21H26ClN3O4S. The third-order valence-corrected chi connectivity index (χ3v) is 6.66. The average Bonchev–Trinajstić information content (AvgIpc) is 2.74. The van der Waals surface area contributed by atoms with E-state index in [0.717, 1.165) is 22.0 Å². The summed E-state index contributed by atoms with van der Waals surface area (Å²) in [6.45, 7) is 3.89. The SMILES string of the molecule is COc1ccccc1N1CCN(C(=O)[C@@H](C)N(c2ccc(Cl)cc2)S(C)(=O)=O)CC1. The molecule has 9 heteroatoms. The van der Waals surface area contributed by atoms with Gasteiger partial charge in [-0.05, 0) is 43.3 Å². The first-order valence-electron chi connectivity index (χ1n) is 9.64. The number of methoxy groups -OCH3 is 1. The zero-order chi connectivity index (χ0) is 21.9. The molecule has 0 aromatic heterocycles. The molecule has 162 valence electrons. The number of anilines is 2. The summed E-state index contributed by atoms with van der Waals surface area (Å²) in [5.41, 5.74) is 1.40. The van der Waals surface area contributed by atoms with E-state index < -0.39 is 16.1 Å². The van der Waals surface area contributed by atoms with E-state index in [1.54, 1.807) is 43.2 Å². The van der Waals surface area contributed by atoms with Gasteiger partial charge < -0.3 is 14.5 Å². The molecule has 1 aliphatic rings. The highest BCUT2D eigenvalue weighted by atomic mass is 35.5. The van der Waals surface area contributed by atoms with Gasteiger partial charge in [0.05, 0.1) is 24.7 Å². The zero-order valence-electron chi connectivity index (χ0n) is 17.3. The van der Waals surface area contributed by atoms with Crippen LogP contribution in [0, 0.1) is 0 Å². The summed E-state index contributed by atoms with van der Waals surface area (Å²) >= 11 is 5.92. The molecule has 1 aliphatic heterocycles. The molecule has 0 N–H and O–H groups in total. The minimum Gasteiger partial charge on any atom is -0.495 e. The molecule has 0 radical (unpaired) electrons. The van der Waals surface area contributed by atoms with E-state index in [4.69, 9.17) is 16.3 Å². The van der Waals surface area contributed by atoms with Crippen molar-refractivity contribution in [3.63, 3.8) is 0 Å². The quantitative estimate of drug-likeness (QED) is 0.675. The number of halogens is 1. The Hall–Kier alpha value is -2.45. The summed E-state index contributed by atoms with van der Waals surface area (Å²) < 4.78 is 31.5. The largest absolute Gasteiger partial charge is 0.495 e. The van der Waals surface area contributed by atoms with Gasteiger partial charge in [0.15, 0.2) is 0 Å². The predicted molar refractivity (Wildman–Crippen MR) is 120 cm³/mol. The molecule has 0 unspecified atom stereocenters. The lowest BCUT2D eigenvalue weighted by Crippen LogP contribution is -2.55. The van der Waals surface area contributed by atoms with E-state index in [0.29, 0.717) is 36.9 Å². The standard InChI is InChI=1S/C21H26ClN3O4S/c1-16(25(30(3,27)28)18-10-8-17(22)9-11-18)21(26)24-14-12-23(13-15-24)19-6-4-5-7-20(19)29-2/h4-11,16H,12-15H2,1-3H3/t16-/m1/s1. The Kier molecular flexibility index (Phi) is 6.77. The molecule has 7 nitrogen and oxygen atoms in total. The molecule has 1 atom stereocenters. The van der Waals surface area contributed by atoms with Crippen molar-refractivity contribution in [2.75, 3.05) is 48.7 Å². The van der Waals surface area contributed by atoms with Crippen molar-refractivity contribution >= 4 is 38.9 Å². The number of carbonyl (C=O) groups excluding carboxylic acids is 1. The number of piperazine rings is 1.